The minimum atomic E-state index is -0.369. The molecule has 1 unspecified atom stereocenters. The van der Waals surface area contributed by atoms with Crippen molar-refractivity contribution in [2.24, 2.45) is 5.41 Å². The summed E-state index contributed by atoms with van der Waals surface area (Å²) in [6.45, 7) is 6.27. The first-order chi connectivity index (χ1) is 14.3. The van der Waals surface area contributed by atoms with E-state index in [4.69, 9.17) is 10.1 Å². The molecule has 0 fully saturated rings. The van der Waals surface area contributed by atoms with Crippen LogP contribution in [0.3, 0.4) is 0 Å². The van der Waals surface area contributed by atoms with Gasteiger partial charge in [0, 0.05) is 23.3 Å². The zero-order chi connectivity index (χ0) is 21.0. The second-order valence-corrected chi connectivity index (χ2v) is 9.03. The number of phenolic OH excluding ortho intramolecular Hbond substituents is 1. The Hall–Kier alpha value is -3.41. The predicted molar refractivity (Wildman–Crippen MR) is 115 cm³/mol. The molecule has 0 bridgehead atoms. The topological polar surface area (TPSA) is 80.0 Å². The maximum absolute atomic E-state index is 13.2. The van der Waals surface area contributed by atoms with Gasteiger partial charge in [-0.25, -0.2) is 4.68 Å². The largest absolute Gasteiger partial charge is 0.508 e. The fraction of sp³-hybridized carbons (Fsp3) is 0.292. The number of nitrogens with one attached hydrogen (secondary N) is 1. The van der Waals surface area contributed by atoms with Crippen LogP contribution in [0.4, 0.5) is 5.95 Å². The molecule has 1 atom stereocenters. The van der Waals surface area contributed by atoms with E-state index in [1.165, 1.54) is 0 Å². The Morgan fingerprint density at radius 1 is 1.13 bits per heavy atom. The highest BCUT2D eigenvalue weighted by molar-refractivity contribution is 6.00. The lowest BCUT2D eigenvalue weighted by molar-refractivity contribution is -0.118. The molecule has 1 aromatic heterocycles. The summed E-state index contributed by atoms with van der Waals surface area (Å²) in [6.07, 6.45) is 1.27. The summed E-state index contributed by atoms with van der Waals surface area (Å²) in [7, 11) is 0. The second-order valence-electron chi connectivity index (χ2n) is 9.03. The number of carbonyl (C=O) groups is 1. The number of aromatic nitrogens is 3. The highest BCUT2D eigenvalue weighted by Crippen LogP contribution is 2.45. The van der Waals surface area contributed by atoms with Gasteiger partial charge in [0.1, 0.15) is 11.8 Å². The Morgan fingerprint density at radius 3 is 2.63 bits per heavy atom. The summed E-state index contributed by atoms with van der Waals surface area (Å²) >= 11 is 0. The van der Waals surface area contributed by atoms with Crippen LogP contribution in [-0.4, -0.2) is 25.7 Å². The van der Waals surface area contributed by atoms with Crippen LogP contribution in [0.2, 0.25) is 0 Å². The normalized spacial score (nSPS) is 19.8. The Balaban J connectivity index is 1.68. The van der Waals surface area contributed by atoms with Gasteiger partial charge in [0.15, 0.2) is 11.6 Å². The quantitative estimate of drug-likeness (QED) is 0.656. The molecule has 0 radical (unpaired) electrons. The van der Waals surface area contributed by atoms with Crippen molar-refractivity contribution >= 4 is 11.7 Å². The number of hydrogen-bond acceptors (Lipinski definition) is 5. The van der Waals surface area contributed by atoms with Gasteiger partial charge in [-0.15, -0.1) is 5.10 Å². The fourth-order valence-electron chi connectivity index (χ4n) is 4.48. The zero-order valence-electron chi connectivity index (χ0n) is 17.3. The first-order valence-electron chi connectivity index (χ1n) is 10.2. The first-order valence-corrected chi connectivity index (χ1v) is 10.2. The van der Waals surface area contributed by atoms with E-state index in [9.17, 15) is 9.90 Å². The van der Waals surface area contributed by atoms with Gasteiger partial charge in [-0.3, -0.25) is 4.79 Å². The average molecular weight is 400 g/mol. The SMILES string of the molecule is Cc1cccc(-c2nc3n(n2)C(c2ccc(O)cc2)C2=C(CC(C)(C)CC2=O)N3)c1. The van der Waals surface area contributed by atoms with E-state index >= 15 is 0 Å². The molecule has 0 spiro atoms. The predicted octanol–water partition coefficient (Wildman–Crippen LogP) is 4.62. The van der Waals surface area contributed by atoms with Crippen LogP contribution in [0, 0.1) is 12.3 Å². The summed E-state index contributed by atoms with van der Waals surface area (Å²) in [6, 6.07) is 14.7. The molecule has 2 N–H and O–H groups in total. The average Bonchev–Trinajstić information content (AvgIpc) is 3.10. The highest BCUT2D eigenvalue weighted by Gasteiger charge is 2.41. The van der Waals surface area contributed by atoms with Crippen LogP contribution >= 0.6 is 0 Å². The van der Waals surface area contributed by atoms with Gasteiger partial charge >= 0.3 is 0 Å². The van der Waals surface area contributed by atoms with Gasteiger partial charge in [0.05, 0.1) is 0 Å². The number of aromatic hydroxyl groups is 1. The molecule has 2 heterocycles. The number of fused-ring (bicyclic) bond motifs is 1. The van der Waals surface area contributed by atoms with E-state index in [0.717, 1.165) is 34.4 Å². The summed E-state index contributed by atoms with van der Waals surface area (Å²) in [4.78, 5) is 18.0. The number of rotatable bonds is 2. The van der Waals surface area contributed by atoms with Crippen LogP contribution in [0.1, 0.15) is 43.9 Å². The monoisotopic (exact) mass is 400 g/mol. The number of Topliss-reactive ketones (excluding diaryl/α,β-unsaturated/α-hetero) is 1. The fourth-order valence-corrected chi connectivity index (χ4v) is 4.48. The van der Waals surface area contributed by atoms with Crippen molar-refractivity contribution in [2.45, 2.75) is 39.7 Å². The van der Waals surface area contributed by atoms with E-state index in [1.807, 2.05) is 37.3 Å². The van der Waals surface area contributed by atoms with Crippen molar-refractivity contribution in [1.82, 2.24) is 14.8 Å². The molecule has 6 nitrogen and oxygen atoms in total. The molecular formula is C24H24N4O2. The van der Waals surface area contributed by atoms with Crippen LogP contribution in [-0.2, 0) is 4.79 Å². The van der Waals surface area contributed by atoms with Gasteiger partial charge in [-0.1, -0.05) is 49.7 Å². The molecule has 0 amide bonds. The van der Waals surface area contributed by atoms with Crippen molar-refractivity contribution in [3.05, 3.63) is 70.9 Å². The molecule has 0 saturated heterocycles. The number of anilines is 1. The van der Waals surface area contributed by atoms with Gasteiger partial charge < -0.3 is 10.4 Å². The Bertz CT molecular complexity index is 1190. The number of ketones is 1. The van der Waals surface area contributed by atoms with Gasteiger partial charge in [0.25, 0.3) is 0 Å². The van der Waals surface area contributed by atoms with E-state index in [-0.39, 0.29) is 23.0 Å². The van der Waals surface area contributed by atoms with Crippen molar-refractivity contribution in [3.8, 4) is 17.1 Å². The summed E-state index contributed by atoms with van der Waals surface area (Å²) < 4.78 is 1.80. The number of carbonyl (C=O) groups excluding carboxylic acids is 1. The van der Waals surface area contributed by atoms with Crippen molar-refractivity contribution < 1.29 is 9.90 Å². The van der Waals surface area contributed by atoms with Crippen molar-refractivity contribution in [2.75, 3.05) is 5.32 Å². The molecule has 1 aliphatic heterocycles. The third-order valence-electron chi connectivity index (χ3n) is 5.82. The number of hydrogen-bond donors (Lipinski definition) is 2. The first kappa shape index (κ1) is 18.6. The summed E-state index contributed by atoms with van der Waals surface area (Å²) in [5, 5.41) is 18.0. The van der Waals surface area contributed by atoms with Crippen LogP contribution < -0.4 is 5.32 Å². The van der Waals surface area contributed by atoms with Gasteiger partial charge in [-0.2, -0.15) is 4.98 Å². The summed E-state index contributed by atoms with van der Waals surface area (Å²) in [5.74, 6) is 1.58. The lowest BCUT2D eigenvalue weighted by Gasteiger charge is -2.38. The Labute approximate surface area is 175 Å². The molecule has 152 valence electrons. The molecule has 5 rings (SSSR count). The third-order valence-corrected chi connectivity index (χ3v) is 5.82. The van der Waals surface area contributed by atoms with Crippen LogP contribution in [0.5, 0.6) is 5.75 Å². The smallest absolute Gasteiger partial charge is 0.226 e. The van der Waals surface area contributed by atoms with Crippen molar-refractivity contribution in [3.63, 3.8) is 0 Å². The minimum Gasteiger partial charge on any atom is -0.508 e. The lowest BCUT2D eigenvalue weighted by Crippen LogP contribution is -2.36. The maximum atomic E-state index is 13.2. The zero-order valence-corrected chi connectivity index (χ0v) is 17.3. The van der Waals surface area contributed by atoms with E-state index < -0.39 is 0 Å². The van der Waals surface area contributed by atoms with E-state index in [0.29, 0.717) is 18.2 Å². The van der Waals surface area contributed by atoms with Gasteiger partial charge in [-0.05, 0) is 42.5 Å². The maximum Gasteiger partial charge on any atom is 0.226 e. The molecule has 1 aliphatic carbocycles. The van der Waals surface area contributed by atoms with E-state index in [2.05, 4.69) is 25.2 Å². The molecular weight excluding hydrogens is 376 g/mol. The second kappa shape index (κ2) is 6.55. The summed E-state index contributed by atoms with van der Waals surface area (Å²) in [5.41, 5.74) is 4.53. The van der Waals surface area contributed by atoms with Crippen LogP contribution in [0.25, 0.3) is 11.4 Å². The minimum absolute atomic E-state index is 0.107. The number of allylic oxidation sites excluding steroid dienone is 2. The number of phenols is 1. The molecule has 6 heteroatoms. The van der Waals surface area contributed by atoms with Crippen molar-refractivity contribution in [1.29, 1.82) is 0 Å². The molecule has 2 aliphatic rings. The molecule has 30 heavy (non-hydrogen) atoms. The number of benzene rings is 2. The van der Waals surface area contributed by atoms with Crippen LogP contribution in [0.15, 0.2) is 59.8 Å². The Morgan fingerprint density at radius 2 is 1.90 bits per heavy atom. The van der Waals surface area contributed by atoms with Gasteiger partial charge in [0.2, 0.25) is 5.95 Å². The lowest BCUT2D eigenvalue weighted by atomic mass is 9.73. The highest BCUT2D eigenvalue weighted by atomic mass is 16.3. The number of aryl methyl sites for hydroxylation is 1. The molecule has 3 aromatic rings. The molecule has 2 aromatic carbocycles. The van der Waals surface area contributed by atoms with E-state index in [1.54, 1.807) is 16.8 Å². The Kier molecular flexibility index (Phi) is 4.07. The third kappa shape index (κ3) is 3.09. The molecule has 0 saturated carbocycles. The number of nitrogens with zero attached hydrogens (tertiary/aromatic N) is 3. The standard InChI is InChI=1S/C24H24N4O2/c1-14-5-4-6-16(11-14)22-26-23-25-18-12-24(2,3)13-19(30)20(18)21(28(23)27-22)15-7-9-17(29)10-8-15/h4-11,21,29H,12-13H2,1-3H3,(H,25,26,27).